The van der Waals surface area contributed by atoms with Gasteiger partial charge in [0.05, 0.1) is 0 Å². The molecule has 1 aromatic carbocycles. The topological polar surface area (TPSA) is 52.6 Å². The Hall–Kier alpha value is -1.39. The molecule has 0 spiro atoms. The summed E-state index contributed by atoms with van der Waals surface area (Å²) in [6.45, 7) is 2.09. The number of benzene rings is 1. The fraction of sp³-hybridized carbons (Fsp3) is 0.417. The molecule has 4 nitrogen and oxygen atoms in total. The van der Waals surface area contributed by atoms with E-state index in [0.717, 1.165) is 13.1 Å². The van der Waals surface area contributed by atoms with Gasteiger partial charge in [0.1, 0.15) is 0 Å². The van der Waals surface area contributed by atoms with Crippen LogP contribution in [0.2, 0.25) is 0 Å². The van der Waals surface area contributed by atoms with E-state index in [-0.39, 0.29) is 0 Å². The van der Waals surface area contributed by atoms with Crippen molar-refractivity contribution in [2.45, 2.75) is 25.4 Å². The van der Waals surface area contributed by atoms with Gasteiger partial charge >= 0.3 is 0 Å². The highest BCUT2D eigenvalue weighted by Gasteiger charge is 2.33. The van der Waals surface area contributed by atoms with Crippen LogP contribution in [0.15, 0.2) is 18.2 Å². The van der Waals surface area contributed by atoms with Crippen LogP contribution >= 0.6 is 0 Å². The van der Waals surface area contributed by atoms with Crippen LogP contribution in [0.3, 0.4) is 0 Å². The normalized spacial score (nSPS) is 22.9. The van der Waals surface area contributed by atoms with Gasteiger partial charge in [0, 0.05) is 18.2 Å². The highest BCUT2D eigenvalue weighted by Crippen LogP contribution is 2.41. The van der Waals surface area contributed by atoms with E-state index in [0.29, 0.717) is 11.6 Å². The van der Waals surface area contributed by atoms with Crippen molar-refractivity contribution in [2.24, 2.45) is 0 Å². The third-order valence-corrected chi connectivity index (χ3v) is 3.60. The highest BCUT2D eigenvalue weighted by molar-refractivity contribution is 5.93. The number of rotatable bonds is 1. The number of fused-ring (bicyclic) bond motifs is 3. The van der Waals surface area contributed by atoms with Crippen LogP contribution in [0.25, 0.3) is 0 Å². The van der Waals surface area contributed by atoms with Crippen molar-refractivity contribution in [3.63, 3.8) is 0 Å². The van der Waals surface area contributed by atoms with Gasteiger partial charge < -0.3 is 0 Å². The second-order valence-corrected chi connectivity index (χ2v) is 4.48. The van der Waals surface area contributed by atoms with Crippen molar-refractivity contribution in [1.82, 2.24) is 10.4 Å². The van der Waals surface area contributed by atoms with Gasteiger partial charge in [-0.05, 0) is 42.6 Å². The standard InChI is InChI=1S/C12H14N2O2/c15-12(13-16)8-3-4-10-9(6-8)7-14-5-1-2-11(10)14/h3-4,6,11,16H,1-2,5,7H2,(H,13,15)/t11-/m0/s1. The monoisotopic (exact) mass is 218 g/mol. The summed E-state index contributed by atoms with van der Waals surface area (Å²) in [5.74, 6) is -0.435. The minimum absolute atomic E-state index is 0.435. The first kappa shape index (κ1) is 9.81. The van der Waals surface area contributed by atoms with E-state index in [1.54, 1.807) is 11.5 Å². The largest absolute Gasteiger partial charge is 0.292 e. The number of nitrogens with zero attached hydrogens (tertiary/aromatic N) is 1. The van der Waals surface area contributed by atoms with Crippen LogP contribution < -0.4 is 5.48 Å². The summed E-state index contributed by atoms with van der Waals surface area (Å²) < 4.78 is 0. The second kappa shape index (κ2) is 3.57. The Morgan fingerprint density at radius 1 is 1.50 bits per heavy atom. The molecule has 0 radical (unpaired) electrons. The van der Waals surface area contributed by atoms with Crippen LogP contribution in [0, 0.1) is 0 Å². The Bertz CT molecular complexity index is 445. The fourth-order valence-corrected chi connectivity index (χ4v) is 2.86. The van der Waals surface area contributed by atoms with Gasteiger partial charge in [0.25, 0.3) is 5.91 Å². The van der Waals surface area contributed by atoms with Gasteiger partial charge in [-0.1, -0.05) is 6.07 Å². The maximum Gasteiger partial charge on any atom is 0.274 e. The Morgan fingerprint density at radius 3 is 3.19 bits per heavy atom. The lowest BCUT2D eigenvalue weighted by Gasteiger charge is -2.13. The molecule has 0 saturated carbocycles. The second-order valence-electron chi connectivity index (χ2n) is 4.48. The predicted octanol–water partition coefficient (Wildman–Crippen LogP) is 1.46. The molecular weight excluding hydrogens is 204 g/mol. The minimum atomic E-state index is -0.435. The van der Waals surface area contributed by atoms with E-state index in [1.165, 1.54) is 24.0 Å². The lowest BCUT2D eigenvalue weighted by Crippen LogP contribution is -2.18. The highest BCUT2D eigenvalue weighted by atomic mass is 16.5. The number of hydroxylamine groups is 1. The molecule has 1 aromatic rings. The first-order chi connectivity index (χ1) is 7.79. The molecule has 1 atom stereocenters. The Balaban J connectivity index is 1.97. The molecule has 1 fully saturated rings. The number of carbonyl (C=O) groups excluding carboxylic acids is 1. The van der Waals surface area contributed by atoms with Crippen LogP contribution in [0.4, 0.5) is 0 Å². The van der Waals surface area contributed by atoms with Gasteiger partial charge in [0.15, 0.2) is 0 Å². The van der Waals surface area contributed by atoms with E-state index in [4.69, 9.17) is 5.21 Å². The molecule has 2 N–H and O–H groups in total. The zero-order valence-corrected chi connectivity index (χ0v) is 8.94. The van der Waals surface area contributed by atoms with Gasteiger partial charge in [-0.3, -0.25) is 14.9 Å². The summed E-state index contributed by atoms with van der Waals surface area (Å²) >= 11 is 0. The van der Waals surface area contributed by atoms with Crippen LogP contribution in [-0.2, 0) is 6.54 Å². The van der Waals surface area contributed by atoms with E-state index in [9.17, 15) is 4.79 Å². The minimum Gasteiger partial charge on any atom is -0.292 e. The molecule has 2 aliphatic heterocycles. The molecule has 2 heterocycles. The van der Waals surface area contributed by atoms with Crippen molar-refractivity contribution < 1.29 is 10.0 Å². The summed E-state index contributed by atoms with van der Waals surface area (Å²) in [5, 5.41) is 8.59. The molecule has 1 amide bonds. The summed E-state index contributed by atoms with van der Waals surface area (Å²) in [7, 11) is 0. The third kappa shape index (κ3) is 1.34. The van der Waals surface area contributed by atoms with Gasteiger partial charge in [0.2, 0.25) is 0 Å². The van der Waals surface area contributed by atoms with Gasteiger partial charge in [-0.15, -0.1) is 0 Å². The van der Waals surface area contributed by atoms with Crippen molar-refractivity contribution in [2.75, 3.05) is 6.54 Å². The molecule has 0 unspecified atom stereocenters. The molecule has 2 aliphatic rings. The summed E-state index contributed by atoms with van der Waals surface area (Å²) in [5.41, 5.74) is 4.78. The van der Waals surface area contributed by atoms with Crippen LogP contribution in [-0.4, -0.2) is 22.6 Å². The lowest BCUT2D eigenvalue weighted by atomic mass is 10.00. The SMILES string of the molecule is O=C(NO)c1ccc2c(c1)CN1CCC[C@@H]21. The molecule has 84 valence electrons. The fourth-order valence-electron chi connectivity index (χ4n) is 2.86. The Kier molecular flexibility index (Phi) is 2.19. The predicted molar refractivity (Wildman–Crippen MR) is 58.1 cm³/mol. The zero-order chi connectivity index (χ0) is 11.1. The van der Waals surface area contributed by atoms with Crippen molar-refractivity contribution in [3.05, 3.63) is 34.9 Å². The quantitative estimate of drug-likeness (QED) is 0.554. The number of hydrogen-bond donors (Lipinski definition) is 2. The van der Waals surface area contributed by atoms with Gasteiger partial charge in [-0.2, -0.15) is 0 Å². The molecule has 1 saturated heterocycles. The molecule has 0 aromatic heterocycles. The van der Waals surface area contributed by atoms with Gasteiger partial charge in [-0.25, -0.2) is 5.48 Å². The first-order valence-electron chi connectivity index (χ1n) is 5.61. The molecule has 4 heteroatoms. The molecule has 0 bridgehead atoms. The van der Waals surface area contributed by atoms with E-state index >= 15 is 0 Å². The molecule has 16 heavy (non-hydrogen) atoms. The summed E-state index contributed by atoms with van der Waals surface area (Å²) in [4.78, 5) is 13.7. The zero-order valence-electron chi connectivity index (χ0n) is 8.94. The average Bonchev–Trinajstić information content (AvgIpc) is 2.86. The van der Waals surface area contributed by atoms with Crippen molar-refractivity contribution in [1.29, 1.82) is 0 Å². The van der Waals surface area contributed by atoms with Crippen LogP contribution in [0.5, 0.6) is 0 Å². The molecule has 0 aliphatic carbocycles. The van der Waals surface area contributed by atoms with Crippen LogP contribution in [0.1, 0.15) is 40.4 Å². The maximum atomic E-state index is 11.3. The van der Waals surface area contributed by atoms with E-state index in [2.05, 4.69) is 4.90 Å². The maximum absolute atomic E-state index is 11.3. The number of nitrogens with one attached hydrogen (secondary N) is 1. The average molecular weight is 218 g/mol. The number of hydrogen-bond acceptors (Lipinski definition) is 3. The Morgan fingerprint density at radius 2 is 2.38 bits per heavy atom. The third-order valence-electron chi connectivity index (χ3n) is 3.60. The van der Waals surface area contributed by atoms with Crippen molar-refractivity contribution >= 4 is 5.91 Å². The number of carbonyl (C=O) groups is 1. The smallest absolute Gasteiger partial charge is 0.274 e. The summed E-state index contributed by atoms with van der Waals surface area (Å²) in [6.07, 6.45) is 2.49. The molecular formula is C12H14N2O2. The first-order valence-corrected chi connectivity index (χ1v) is 5.61. The molecule has 3 rings (SSSR count). The van der Waals surface area contributed by atoms with E-state index < -0.39 is 5.91 Å². The summed E-state index contributed by atoms with van der Waals surface area (Å²) in [6, 6.07) is 6.25. The number of amides is 1. The van der Waals surface area contributed by atoms with Crippen molar-refractivity contribution in [3.8, 4) is 0 Å². The Labute approximate surface area is 93.8 Å². The van der Waals surface area contributed by atoms with E-state index in [1.807, 2.05) is 12.1 Å². The lowest BCUT2D eigenvalue weighted by molar-refractivity contribution is 0.0706.